The van der Waals surface area contributed by atoms with Crippen molar-refractivity contribution in [1.29, 1.82) is 0 Å². The largest absolute Gasteiger partial charge is 0.462 e. The van der Waals surface area contributed by atoms with E-state index in [2.05, 4.69) is 5.10 Å². The minimum Gasteiger partial charge on any atom is -0.462 e. The van der Waals surface area contributed by atoms with Gasteiger partial charge in [0.05, 0.1) is 17.1 Å². The Morgan fingerprint density at radius 1 is 1.38 bits per heavy atom. The molecule has 0 aliphatic rings. The summed E-state index contributed by atoms with van der Waals surface area (Å²) < 4.78 is 11.5. The maximum Gasteiger partial charge on any atom is 0.350 e. The van der Waals surface area contributed by atoms with Crippen LogP contribution in [-0.4, -0.2) is 27.3 Å². The van der Waals surface area contributed by atoms with Gasteiger partial charge in [0.25, 0.3) is 0 Å². The van der Waals surface area contributed by atoms with Gasteiger partial charge in [-0.05, 0) is 31.2 Å². The molecule has 2 rings (SSSR count). The van der Waals surface area contributed by atoms with Crippen molar-refractivity contribution in [3.8, 4) is 11.6 Å². The van der Waals surface area contributed by atoms with Gasteiger partial charge in [-0.2, -0.15) is 0 Å². The zero-order valence-corrected chi connectivity index (χ0v) is 11.5. The fourth-order valence-electron chi connectivity index (χ4n) is 1.64. The van der Waals surface area contributed by atoms with Gasteiger partial charge in [-0.1, -0.05) is 0 Å². The van der Waals surface area contributed by atoms with Crippen LogP contribution in [0.25, 0.3) is 0 Å². The summed E-state index contributed by atoms with van der Waals surface area (Å²) in [5.41, 5.74) is 0.145. The molecule has 110 valence electrons. The third-order valence-corrected chi connectivity index (χ3v) is 2.55. The first kappa shape index (κ1) is 14.5. The molecule has 8 heteroatoms. The Labute approximate surface area is 120 Å². The SMILES string of the molecule is CCOC(=O)c1ccc(Oc2nn(C)cc2[N+](=O)[O-])cc1. The summed E-state index contributed by atoms with van der Waals surface area (Å²) in [6, 6.07) is 6.07. The number of ether oxygens (including phenoxy) is 2. The van der Waals surface area contributed by atoms with Crippen molar-refractivity contribution < 1.29 is 19.2 Å². The van der Waals surface area contributed by atoms with Gasteiger partial charge in [0, 0.05) is 7.05 Å². The molecule has 0 bridgehead atoms. The first-order valence-corrected chi connectivity index (χ1v) is 6.14. The summed E-state index contributed by atoms with van der Waals surface area (Å²) in [5.74, 6) is -0.205. The summed E-state index contributed by atoms with van der Waals surface area (Å²) in [6.45, 7) is 2.01. The van der Waals surface area contributed by atoms with Crippen molar-refractivity contribution in [3.05, 3.63) is 46.1 Å². The molecule has 0 aliphatic carbocycles. The van der Waals surface area contributed by atoms with Crippen molar-refractivity contribution in [2.24, 2.45) is 7.05 Å². The van der Waals surface area contributed by atoms with Gasteiger partial charge >= 0.3 is 17.5 Å². The molecule has 0 aliphatic heterocycles. The molecule has 8 nitrogen and oxygen atoms in total. The standard InChI is InChI=1S/C13H13N3O5/c1-3-20-13(17)9-4-6-10(7-5-9)21-12-11(16(18)19)8-15(2)14-12/h4-8H,3H2,1-2H3. The van der Waals surface area contributed by atoms with Crippen LogP contribution in [0.5, 0.6) is 11.6 Å². The maximum absolute atomic E-state index is 11.5. The highest BCUT2D eigenvalue weighted by Crippen LogP contribution is 2.29. The number of nitrogens with zero attached hydrogens (tertiary/aromatic N) is 3. The lowest BCUT2D eigenvalue weighted by Crippen LogP contribution is -2.04. The van der Waals surface area contributed by atoms with Crippen LogP contribution in [0.3, 0.4) is 0 Å². The molecule has 0 spiro atoms. The van der Waals surface area contributed by atoms with Crippen molar-refractivity contribution in [1.82, 2.24) is 9.78 Å². The Balaban J connectivity index is 2.17. The monoisotopic (exact) mass is 291 g/mol. The molecule has 0 amide bonds. The minimum absolute atomic E-state index is 0.105. The summed E-state index contributed by atoms with van der Waals surface area (Å²) in [4.78, 5) is 21.8. The van der Waals surface area contributed by atoms with Gasteiger partial charge in [-0.3, -0.25) is 14.8 Å². The van der Waals surface area contributed by atoms with Gasteiger partial charge in [0.2, 0.25) is 0 Å². The van der Waals surface area contributed by atoms with Crippen molar-refractivity contribution >= 4 is 11.7 Å². The number of aromatic nitrogens is 2. The van der Waals surface area contributed by atoms with Crippen LogP contribution >= 0.6 is 0 Å². The van der Waals surface area contributed by atoms with Gasteiger partial charge in [0.1, 0.15) is 11.9 Å². The predicted octanol–water partition coefficient (Wildman–Crippen LogP) is 2.30. The molecule has 1 aromatic heterocycles. The number of nitro groups is 1. The maximum atomic E-state index is 11.5. The number of hydrogen-bond donors (Lipinski definition) is 0. The van der Waals surface area contributed by atoms with Crippen LogP contribution in [0.4, 0.5) is 5.69 Å². The lowest BCUT2D eigenvalue weighted by atomic mass is 10.2. The quantitative estimate of drug-likeness (QED) is 0.476. The van der Waals surface area contributed by atoms with Crippen LogP contribution in [0, 0.1) is 10.1 Å². The molecule has 0 atom stereocenters. The third-order valence-electron chi connectivity index (χ3n) is 2.55. The first-order valence-electron chi connectivity index (χ1n) is 6.14. The molecular weight excluding hydrogens is 278 g/mol. The van der Waals surface area contributed by atoms with E-state index in [0.717, 1.165) is 0 Å². The van der Waals surface area contributed by atoms with Gasteiger partial charge in [-0.15, -0.1) is 5.10 Å². The van der Waals surface area contributed by atoms with Crippen molar-refractivity contribution in [2.45, 2.75) is 6.92 Å². The lowest BCUT2D eigenvalue weighted by molar-refractivity contribution is -0.385. The molecule has 1 aromatic carbocycles. The van der Waals surface area contributed by atoms with E-state index in [-0.39, 0.29) is 18.2 Å². The Hall–Kier alpha value is -2.90. The number of benzene rings is 1. The van der Waals surface area contributed by atoms with Crippen LogP contribution in [-0.2, 0) is 11.8 Å². The van der Waals surface area contributed by atoms with Crippen LogP contribution in [0.15, 0.2) is 30.5 Å². The van der Waals surface area contributed by atoms with E-state index < -0.39 is 10.9 Å². The molecule has 0 saturated heterocycles. The van der Waals surface area contributed by atoms with Crippen LogP contribution in [0.1, 0.15) is 17.3 Å². The number of carbonyl (C=O) groups excluding carboxylic acids is 1. The van der Waals surface area contributed by atoms with E-state index in [0.29, 0.717) is 11.3 Å². The Bertz CT molecular complexity index is 663. The van der Waals surface area contributed by atoms with E-state index in [1.807, 2.05) is 0 Å². The topological polar surface area (TPSA) is 96.5 Å². The van der Waals surface area contributed by atoms with Gasteiger partial charge in [-0.25, -0.2) is 4.79 Å². The fourth-order valence-corrected chi connectivity index (χ4v) is 1.64. The minimum atomic E-state index is -0.574. The summed E-state index contributed by atoms with van der Waals surface area (Å²) in [5, 5.41) is 14.7. The second-order valence-electron chi connectivity index (χ2n) is 4.10. The summed E-state index contributed by atoms with van der Waals surface area (Å²) in [6.07, 6.45) is 1.25. The Morgan fingerprint density at radius 3 is 2.62 bits per heavy atom. The third kappa shape index (κ3) is 3.35. The van der Waals surface area contributed by atoms with E-state index in [4.69, 9.17) is 9.47 Å². The lowest BCUT2D eigenvalue weighted by Gasteiger charge is -2.04. The van der Waals surface area contributed by atoms with E-state index in [1.165, 1.54) is 35.1 Å². The normalized spacial score (nSPS) is 10.2. The number of aryl methyl sites for hydroxylation is 1. The molecule has 0 fully saturated rings. The summed E-state index contributed by atoms with van der Waals surface area (Å²) in [7, 11) is 1.56. The highest BCUT2D eigenvalue weighted by Gasteiger charge is 2.20. The highest BCUT2D eigenvalue weighted by molar-refractivity contribution is 5.89. The molecule has 0 N–H and O–H groups in total. The van der Waals surface area contributed by atoms with Crippen LogP contribution in [0.2, 0.25) is 0 Å². The molecule has 2 aromatic rings. The fraction of sp³-hybridized carbons (Fsp3) is 0.231. The Morgan fingerprint density at radius 2 is 2.05 bits per heavy atom. The Kier molecular flexibility index (Phi) is 4.17. The second-order valence-corrected chi connectivity index (χ2v) is 4.10. The van der Waals surface area contributed by atoms with E-state index in [9.17, 15) is 14.9 Å². The average Bonchev–Trinajstić information content (AvgIpc) is 2.81. The zero-order chi connectivity index (χ0) is 15.4. The van der Waals surface area contributed by atoms with Gasteiger partial charge < -0.3 is 9.47 Å². The first-order chi connectivity index (χ1) is 10.0. The zero-order valence-electron chi connectivity index (χ0n) is 11.5. The van der Waals surface area contributed by atoms with Crippen molar-refractivity contribution in [3.63, 3.8) is 0 Å². The molecular formula is C13H13N3O5. The molecule has 0 radical (unpaired) electrons. The van der Waals surface area contributed by atoms with E-state index >= 15 is 0 Å². The molecule has 21 heavy (non-hydrogen) atoms. The average molecular weight is 291 g/mol. The molecule has 0 unspecified atom stereocenters. The smallest absolute Gasteiger partial charge is 0.350 e. The molecule has 1 heterocycles. The van der Waals surface area contributed by atoms with Crippen LogP contribution < -0.4 is 4.74 Å². The molecule has 0 saturated carbocycles. The number of esters is 1. The summed E-state index contributed by atoms with van der Waals surface area (Å²) >= 11 is 0. The predicted molar refractivity (Wildman–Crippen MR) is 72.3 cm³/mol. The number of rotatable bonds is 5. The van der Waals surface area contributed by atoms with E-state index in [1.54, 1.807) is 14.0 Å². The second kappa shape index (κ2) is 6.04. The number of hydrogen-bond acceptors (Lipinski definition) is 6. The number of carbonyl (C=O) groups is 1. The highest BCUT2D eigenvalue weighted by atomic mass is 16.6. The van der Waals surface area contributed by atoms with Gasteiger partial charge in [0.15, 0.2) is 0 Å². The van der Waals surface area contributed by atoms with Crippen molar-refractivity contribution in [2.75, 3.05) is 6.61 Å².